The third-order valence-electron chi connectivity index (χ3n) is 5.62. The number of unbranched alkanes of at least 4 members (excludes halogenated alkanes) is 1. The molecule has 1 aliphatic heterocycles. The molecule has 4 atom stereocenters. The van der Waals surface area contributed by atoms with Crippen molar-refractivity contribution in [3.63, 3.8) is 0 Å². The lowest BCUT2D eigenvalue weighted by Crippen LogP contribution is -2.57. The Balaban J connectivity index is 2.91. The van der Waals surface area contributed by atoms with Crippen molar-refractivity contribution in [2.45, 2.75) is 96.8 Å². The Hall–Kier alpha value is -2.20. The van der Waals surface area contributed by atoms with E-state index in [0.717, 1.165) is 19.4 Å². The smallest absolute Gasteiger partial charge is 0.326 e. The van der Waals surface area contributed by atoms with E-state index in [1.807, 2.05) is 27.7 Å². The van der Waals surface area contributed by atoms with Crippen molar-refractivity contribution in [1.29, 1.82) is 0 Å². The normalized spacial score (nSPS) is 18.6. The molecule has 0 radical (unpaired) electrons. The van der Waals surface area contributed by atoms with Gasteiger partial charge in [0.2, 0.25) is 17.7 Å². The molecule has 0 aromatic heterocycles. The molecule has 1 heterocycles. The highest BCUT2D eigenvalue weighted by Crippen LogP contribution is 2.11. The van der Waals surface area contributed by atoms with Crippen molar-refractivity contribution in [2.24, 2.45) is 17.6 Å². The molecule has 1 aliphatic rings. The Kier molecular flexibility index (Phi) is 13.0. The number of nitrogens with two attached hydrogens (primary N) is 1. The Labute approximate surface area is 197 Å². The summed E-state index contributed by atoms with van der Waals surface area (Å²) in [6.07, 6.45) is 3.94. The van der Waals surface area contributed by atoms with Crippen LogP contribution in [-0.4, -0.2) is 66.1 Å². The largest absolute Gasteiger partial charge is 0.480 e. The number of hydrogen-bond acceptors (Lipinski definition) is 6. The first kappa shape index (κ1) is 28.8. The Morgan fingerprint density at radius 1 is 0.909 bits per heavy atom. The van der Waals surface area contributed by atoms with E-state index < -0.39 is 35.9 Å². The highest BCUT2D eigenvalue weighted by Gasteiger charge is 2.31. The summed E-state index contributed by atoms with van der Waals surface area (Å²) < 4.78 is 0. The van der Waals surface area contributed by atoms with Gasteiger partial charge in [-0.2, -0.15) is 0 Å². The van der Waals surface area contributed by atoms with Crippen LogP contribution >= 0.6 is 0 Å². The first-order chi connectivity index (χ1) is 15.5. The third kappa shape index (κ3) is 11.0. The zero-order valence-electron chi connectivity index (χ0n) is 20.5. The summed E-state index contributed by atoms with van der Waals surface area (Å²) in [6, 6.07) is -3.04. The van der Waals surface area contributed by atoms with Gasteiger partial charge in [0.15, 0.2) is 0 Å². The monoisotopic (exact) mass is 469 g/mol. The molecule has 10 nitrogen and oxygen atoms in total. The molecule has 0 spiro atoms. The molecule has 1 rings (SSSR count). The van der Waals surface area contributed by atoms with E-state index in [1.165, 1.54) is 0 Å². The average Bonchev–Trinajstić information content (AvgIpc) is 3.26. The molecule has 7 N–H and O–H groups in total. The molecule has 0 aromatic rings. The molecular weight excluding hydrogens is 426 g/mol. The first-order valence-corrected chi connectivity index (χ1v) is 12.1. The highest BCUT2D eigenvalue weighted by atomic mass is 16.4. The predicted molar refractivity (Wildman–Crippen MR) is 126 cm³/mol. The van der Waals surface area contributed by atoms with E-state index in [4.69, 9.17) is 5.73 Å². The van der Waals surface area contributed by atoms with Crippen LogP contribution in [0, 0.1) is 11.8 Å². The van der Waals surface area contributed by atoms with Gasteiger partial charge in [-0.05, 0) is 69.9 Å². The molecule has 1 fully saturated rings. The van der Waals surface area contributed by atoms with Crippen molar-refractivity contribution in [3.8, 4) is 0 Å². The second-order valence-electron chi connectivity index (χ2n) is 9.71. The molecule has 1 saturated heterocycles. The number of carbonyl (C=O) groups excluding carboxylic acids is 3. The minimum absolute atomic E-state index is 0.0755. The summed E-state index contributed by atoms with van der Waals surface area (Å²) in [5, 5.41) is 20.7. The number of hydrogen-bond donors (Lipinski definition) is 6. The summed E-state index contributed by atoms with van der Waals surface area (Å²) in [5.74, 6) is -2.10. The molecule has 10 heteroatoms. The first-order valence-electron chi connectivity index (χ1n) is 12.1. The van der Waals surface area contributed by atoms with Gasteiger partial charge in [-0.25, -0.2) is 4.79 Å². The Bertz CT molecular complexity index is 649. The number of amides is 3. The van der Waals surface area contributed by atoms with Gasteiger partial charge in [0.25, 0.3) is 0 Å². The fraction of sp³-hybridized carbons (Fsp3) is 0.826. The van der Waals surface area contributed by atoms with E-state index in [9.17, 15) is 24.3 Å². The van der Waals surface area contributed by atoms with E-state index in [2.05, 4.69) is 21.3 Å². The van der Waals surface area contributed by atoms with Crippen LogP contribution < -0.4 is 27.0 Å². The van der Waals surface area contributed by atoms with Crippen LogP contribution in [0.3, 0.4) is 0 Å². The quantitative estimate of drug-likeness (QED) is 0.190. The van der Waals surface area contributed by atoms with Crippen LogP contribution in [0.5, 0.6) is 0 Å². The van der Waals surface area contributed by atoms with Gasteiger partial charge in [-0.15, -0.1) is 0 Å². The topological polar surface area (TPSA) is 163 Å². The maximum absolute atomic E-state index is 13.1. The lowest BCUT2D eigenvalue weighted by atomic mass is 10.0. The second-order valence-corrected chi connectivity index (χ2v) is 9.71. The zero-order chi connectivity index (χ0) is 25.0. The van der Waals surface area contributed by atoms with E-state index in [0.29, 0.717) is 32.2 Å². The molecule has 0 saturated carbocycles. The number of nitrogens with one attached hydrogen (secondary N) is 4. The zero-order valence-corrected chi connectivity index (χ0v) is 20.5. The fourth-order valence-corrected chi connectivity index (χ4v) is 3.88. The van der Waals surface area contributed by atoms with Gasteiger partial charge < -0.3 is 32.1 Å². The average molecular weight is 470 g/mol. The molecule has 0 aliphatic carbocycles. The maximum Gasteiger partial charge on any atom is 0.326 e. The van der Waals surface area contributed by atoms with Crippen LogP contribution in [0.1, 0.15) is 72.6 Å². The molecular formula is C23H43N5O5. The SMILES string of the molecule is CC(C)CC(NC(=O)C(CCCCN)NC(=O)C(CC(C)C)NC(=O)C1CCCN1)C(=O)O. The van der Waals surface area contributed by atoms with Gasteiger partial charge in [0.05, 0.1) is 6.04 Å². The van der Waals surface area contributed by atoms with Crippen molar-refractivity contribution < 1.29 is 24.3 Å². The van der Waals surface area contributed by atoms with Gasteiger partial charge >= 0.3 is 5.97 Å². The number of aliphatic carboxylic acids is 1. The number of carboxylic acid groups (broad SMARTS) is 1. The van der Waals surface area contributed by atoms with Gasteiger partial charge in [0.1, 0.15) is 18.1 Å². The second kappa shape index (κ2) is 14.8. The van der Waals surface area contributed by atoms with Crippen molar-refractivity contribution in [2.75, 3.05) is 13.1 Å². The number of rotatable bonds is 15. The minimum Gasteiger partial charge on any atom is -0.480 e. The van der Waals surface area contributed by atoms with E-state index in [-0.39, 0.29) is 30.2 Å². The van der Waals surface area contributed by atoms with Crippen LogP contribution in [0.15, 0.2) is 0 Å². The fourth-order valence-electron chi connectivity index (χ4n) is 3.88. The van der Waals surface area contributed by atoms with E-state index >= 15 is 0 Å². The predicted octanol–water partition coefficient (Wildman–Crippen LogP) is 0.499. The Morgan fingerprint density at radius 3 is 2.00 bits per heavy atom. The van der Waals surface area contributed by atoms with Crippen LogP contribution in [0.25, 0.3) is 0 Å². The Morgan fingerprint density at radius 2 is 1.48 bits per heavy atom. The van der Waals surface area contributed by atoms with Gasteiger partial charge in [0, 0.05) is 0 Å². The maximum atomic E-state index is 13.1. The van der Waals surface area contributed by atoms with Crippen molar-refractivity contribution in [3.05, 3.63) is 0 Å². The standard InChI is InChI=1S/C23H43N5O5/c1-14(2)12-18(27-20(29)16-9-7-11-25-16)22(31)26-17(8-5-6-10-24)21(30)28-19(23(32)33)13-15(3)4/h14-19,25H,5-13,24H2,1-4H3,(H,26,31)(H,27,29)(H,28,30)(H,32,33). The van der Waals surface area contributed by atoms with Gasteiger partial charge in [-0.3, -0.25) is 14.4 Å². The summed E-state index contributed by atoms with van der Waals surface area (Å²) >= 11 is 0. The van der Waals surface area contributed by atoms with Gasteiger partial charge in [-0.1, -0.05) is 27.7 Å². The number of carboxylic acids is 1. The third-order valence-corrected chi connectivity index (χ3v) is 5.62. The molecule has 33 heavy (non-hydrogen) atoms. The van der Waals surface area contributed by atoms with E-state index in [1.54, 1.807) is 0 Å². The van der Waals surface area contributed by atoms with Crippen LogP contribution in [0.4, 0.5) is 0 Å². The van der Waals surface area contributed by atoms with Crippen molar-refractivity contribution in [1.82, 2.24) is 21.3 Å². The minimum atomic E-state index is -1.11. The molecule has 0 aromatic carbocycles. The lowest BCUT2D eigenvalue weighted by Gasteiger charge is -2.26. The number of carbonyl (C=O) groups is 4. The molecule has 0 bridgehead atoms. The summed E-state index contributed by atoms with van der Waals surface area (Å²) in [5.41, 5.74) is 5.57. The lowest BCUT2D eigenvalue weighted by molar-refractivity contribution is -0.143. The summed E-state index contributed by atoms with van der Waals surface area (Å²) in [7, 11) is 0. The summed E-state index contributed by atoms with van der Waals surface area (Å²) in [6.45, 7) is 8.88. The highest BCUT2D eigenvalue weighted by molar-refractivity contribution is 5.94. The van der Waals surface area contributed by atoms with Crippen LogP contribution in [-0.2, 0) is 19.2 Å². The molecule has 4 unspecified atom stereocenters. The van der Waals surface area contributed by atoms with Crippen molar-refractivity contribution >= 4 is 23.7 Å². The molecule has 3 amide bonds. The van der Waals surface area contributed by atoms with Crippen LogP contribution in [0.2, 0.25) is 0 Å². The molecule has 190 valence electrons. The summed E-state index contributed by atoms with van der Waals surface area (Å²) in [4.78, 5) is 50.2.